The number of benzene rings is 1. The van der Waals surface area contributed by atoms with Crippen LogP contribution in [-0.4, -0.2) is 44.3 Å². The van der Waals surface area contributed by atoms with Gasteiger partial charge in [-0.05, 0) is 37.6 Å². The highest BCUT2D eigenvalue weighted by Gasteiger charge is 2.13. The van der Waals surface area contributed by atoms with E-state index in [4.69, 9.17) is 9.84 Å². The molecule has 1 aromatic rings. The van der Waals surface area contributed by atoms with E-state index in [0.717, 1.165) is 6.26 Å². The number of carbonyl (C=O) groups is 2. The van der Waals surface area contributed by atoms with Gasteiger partial charge in [-0.2, -0.15) is 0 Å². The number of carboxylic acids is 1. The Morgan fingerprint density at radius 3 is 2.36 bits per heavy atom. The van der Waals surface area contributed by atoms with Gasteiger partial charge in [0.25, 0.3) is 0 Å². The molecule has 0 spiro atoms. The van der Waals surface area contributed by atoms with Crippen LogP contribution in [0.15, 0.2) is 29.2 Å². The fourth-order valence-corrected chi connectivity index (χ4v) is 2.21. The van der Waals surface area contributed by atoms with Gasteiger partial charge in [0.15, 0.2) is 9.84 Å². The van der Waals surface area contributed by atoms with E-state index in [1.165, 1.54) is 19.1 Å². The van der Waals surface area contributed by atoms with E-state index in [0.29, 0.717) is 12.2 Å². The van der Waals surface area contributed by atoms with Gasteiger partial charge in [0.1, 0.15) is 11.8 Å². The maximum absolute atomic E-state index is 11.4. The molecule has 122 valence electrons. The first-order valence-electron chi connectivity index (χ1n) is 6.65. The highest BCUT2D eigenvalue weighted by atomic mass is 32.2. The molecule has 1 rings (SSSR count). The molecule has 1 atom stereocenters. The van der Waals surface area contributed by atoms with Crippen LogP contribution in [0.4, 0.5) is 0 Å². The summed E-state index contributed by atoms with van der Waals surface area (Å²) >= 11 is 0. The number of ether oxygens (including phenoxy) is 1. The number of sulfone groups is 1. The fraction of sp³-hybridized carbons (Fsp3) is 0.429. The number of nitrogens with one attached hydrogen (secondary N) is 1. The van der Waals surface area contributed by atoms with Crippen molar-refractivity contribution in [2.45, 2.75) is 30.7 Å². The third-order valence-corrected chi connectivity index (χ3v) is 3.95. The molecule has 1 amide bonds. The molecule has 0 aliphatic carbocycles. The number of amides is 1. The molecule has 7 nitrogen and oxygen atoms in total. The Labute approximate surface area is 129 Å². The first-order chi connectivity index (χ1) is 10.2. The summed E-state index contributed by atoms with van der Waals surface area (Å²) in [5.74, 6) is -0.937. The van der Waals surface area contributed by atoms with Crippen LogP contribution in [0.3, 0.4) is 0 Å². The lowest BCUT2D eigenvalue weighted by Crippen LogP contribution is -2.38. The Balaban J connectivity index is 2.33. The van der Waals surface area contributed by atoms with Gasteiger partial charge >= 0.3 is 5.97 Å². The van der Waals surface area contributed by atoms with Crippen molar-refractivity contribution in [1.82, 2.24) is 5.32 Å². The molecule has 0 fully saturated rings. The van der Waals surface area contributed by atoms with Crippen molar-refractivity contribution in [2.75, 3.05) is 12.9 Å². The van der Waals surface area contributed by atoms with Crippen molar-refractivity contribution >= 4 is 21.7 Å². The molecular weight excluding hydrogens is 310 g/mol. The van der Waals surface area contributed by atoms with Gasteiger partial charge in [-0.1, -0.05) is 0 Å². The van der Waals surface area contributed by atoms with E-state index < -0.39 is 21.8 Å². The largest absolute Gasteiger partial charge is 0.494 e. The van der Waals surface area contributed by atoms with Gasteiger partial charge in [0.05, 0.1) is 11.5 Å². The molecule has 0 radical (unpaired) electrons. The first kappa shape index (κ1) is 18.0. The molecule has 2 N–H and O–H groups in total. The average Bonchev–Trinajstić information content (AvgIpc) is 2.43. The summed E-state index contributed by atoms with van der Waals surface area (Å²) in [6.45, 7) is 1.66. The fourth-order valence-electron chi connectivity index (χ4n) is 1.58. The summed E-state index contributed by atoms with van der Waals surface area (Å²) < 4.78 is 28.0. The zero-order chi connectivity index (χ0) is 16.8. The molecule has 1 aromatic carbocycles. The van der Waals surface area contributed by atoms with Crippen molar-refractivity contribution in [3.63, 3.8) is 0 Å². The quantitative estimate of drug-likeness (QED) is 0.684. The monoisotopic (exact) mass is 329 g/mol. The summed E-state index contributed by atoms with van der Waals surface area (Å²) in [6.07, 6.45) is 1.70. The Hall–Kier alpha value is -2.09. The summed E-state index contributed by atoms with van der Waals surface area (Å²) in [6, 6.07) is 5.07. The Kier molecular flexibility index (Phi) is 6.36. The molecule has 8 heteroatoms. The van der Waals surface area contributed by atoms with Gasteiger partial charge < -0.3 is 15.2 Å². The maximum Gasteiger partial charge on any atom is 0.325 e. The van der Waals surface area contributed by atoms with E-state index in [1.54, 1.807) is 12.1 Å². The van der Waals surface area contributed by atoms with E-state index in [-0.39, 0.29) is 23.8 Å². The summed E-state index contributed by atoms with van der Waals surface area (Å²) in [7, 11) is -3.23. The summed E-state index contributed by atoms with van der Waals surface area (Å²) in [5, 5.41) is 11.0. The molecule has 0 heterocycles. The van der Waals surface area contributed by atoms with Crippen molar-refractivity contribution < 1.29 is 27.9 Å². The Morgan fingerprint density at radius 1 is 1.27 bits per heavy atom. The molecule has 0 saturated carbocycles. The minimum absolute atomic E-state index is 0.152. The highest BCUT2D eigenvalue weighted by Crippen LogP contribution is 2.16. The number of carbonyl (C=O) groups excluding carboxylic acids is 1. The van der Waals surface area contributed by atoms with Crippen LogP contribution in [0.5, 0.6) is 5.75 Å². The third-order valence-electron chi connectivity index (χ3n) is 2.82. The predicted octanol–water partition coefficient (Wildman–Crippen LogP) is 0.838. The second-order valence-electron chi connectivity index (χ2n) is 4.82. The van der Waals surface area contributed by atoms with Crippen LogP contribution in [0.25, 0.3) is 0 Å². The molecule has 0 saturated heterocycles. The second kappa shape index (κ2) is 7.79. The van der Waals surface area contributed by atoms with Crippen LogP contribution in [0, 0.1) is 0 Å². The van der Waals surface area contributed by atoms with Gasteiger partial charge in [-0.15, -0.1) is 0 Å². The van der Waals surface area contributed by atoms with E-state index in [9.17, 15) is 18.0 Å². The average molecular weight is 329 g/mol. The number of hydrogen-bond donors (Lipinski definition) is 2. The van der Waals surface area contributed by atoms with Crippen molar-refractivity contribution in [3.8, 4) is 5.75 Å². The SMILES string of the molecule is CC(NC(=O)CCCOc1ccc(S(C)(=O)=O)cc1)C(=O)O. The van der Waals surface area contributed by atoms with Crippen LogP contribution in [-0.2, 0) is 19.4 Å². The van der Waals surface area contributed by atoms with Crippen molar-refractivity contribution in [3.05, 3.63) is 24.3 Å². The lowest BCUT2D eigenvalue weighted by atomic mass is 10.2. The van der Waals surface area contributed by atoms with Crippen LogP contribution < -0.4 is 10.1 Å². The number of carboxylic acid groups (broad SMARTS) is 1. The van der Waals surface area contributed by atoms with Crippen molar-refractivity contribution in [1.29, 1.82) is 0 Å². The van der Waals surface area contributed by atoms with Gasteiger partial charge in [0.2, 0.25) is 5.91 Å². The van der Waals surface area contributed by atoms with Gasteiger partial charge in [-0.25, -0.2) is 8.42 Å². The molecule has 0 bridgehead atoms. The maximum atomic E-state index is 11.4. The van der Waals surface area contributed by atoms with Crippen LogP contribution in [0.1, 0.15) is 19.8 Å². The Bertz CT molecular complexity index is 623. The number of rotatable bonds is 8. The first-order valence-corrected chi connectivity index (χ1v) is 8.54. The zero-order valence-corrected chi connectivity index (χ0v) is 13.2. The smallest absolute Gasteiger partial charge is 0.325 e. The predicted molar refractivity (Wildman–Crippen MR) is 79.5 cm³/mol. The lowest BCUT2D eigenvalue weighted by molar-refractivity contribution is -0.141. The van der Waals surface area contributed by atoms with E-state index in [2.05, 4.69) is 5.32 Å². The van der Waals surface area contributed by atoms with Gasteiger partial charge in [0, 0.05) is 12.7 Å². The number of hydrogen-bond acceptors (Lipinski definition) is 5. The topological polar surface area (TPSA) is 110 Å². The molecule has 1 unspecified atom stereocenters. The molecular formula is C14H19NO6S. The minimum atomic E-state index is -3.23. The number of aliphatic carboxylic acids is 1. The lowest BCUT2D eigenvalue weighted by Gasteiger charge is -2.10. The zero-order valence-electron chi connectivity index (χ0n) is 12.4. The van der Waals surface area contributed by atoms with Crippen molar-refractivity contribution in [2.24, 2.45) is 0 Å². The molecule has 0 aliphatic heterocycles. The second-order valence-corrected chi connectivity index (χ2v) is 6.84. The normalized spacial score (nSPS) is 12.5. The van der Waals surface area contributed by atoms with Gasteiger partial charge in [-0.3, -0.25) is 9.59 Å². The molecule has 22 heavy (non-hydrogen) atoms. The standard InChI is InChI=1S/C14H19NO6S/c1-10(14(17)18)15-13(16)4-3-9-21-11-5-7-12(8-6-11)22(2,19)20/h5-8,10H,3-4,9H2,1-2H3,(H,15,16)(H,17,18). The van der Waals surface area contributed by atoms with E-state index in [1.807, 2.05) is 0 Å². The van der Waals surface area contributed by atoms with Crippen LogP contribution >= 0.6 is 0 Å². The summed E-state index contributed by atoms with van der Waals surface area (Å²) in [5.41, 5.74) is 0. The molecule has 0 aliphatic rings. The van der Waals surface area contributed by atoms with E-state index >= 15 is 0 Å². The van der Waals surface area contributed by atoms with Crippen LogP contribution in [0.2, 0.25) is 0 Å². The Morgan fingerprint density at radius 2 is 1.86 bits per heavy atom. The minimum Gasteiger partial charge on any atom is -0.494 e. The molecule has 0 aromatic heterocycles. The summed E-state index contributed by atoms with van der Waals surface area (Å²) in [4.78, 5) is 22.2. The third kappa shape index (κ3) is 6.13. The highest BCUT2D eigenvalue weighted by molar-refractivity contribution is 7.90.